The summed E-state index contributed by atoms with van der Waals surface area (Å²) in [7, 11) is 0. The van der Waals surface area contributed by atoms with E-state index in [4.69, 9.17) is 0 Å². The molecule has 0 aliphatic carbocycles. The van der Waals surface area contributed by atoms with Gasteiger partial charge in [0.1, 0.15) is 0 Å². The summed E-state index contributed by atoms with van der Waals surface area (Å²) in [6.07, 6.45) is 0. The Kier molecular flexibility index (Phi) is 199. The number of hydrogen-bond donors (Lipinski definition) is 0. The standard InChI is InChI=1S/Bi.Co.Cs.Fe.K.Mo.5H. The van der Waals surface area contributed by atoms with Crippen LogP contribution in [0.4, 0.5) is 0 Å². The van der Waals surface area contributed by atoms with Crippen LogP contribution in [0.15, 0.2) is 0 Å². The molecule has 0 amide bonds. The molecule has 1 radical (unpaired) electrons. The predicted molar refractivity (Wildman–Crippen MR) is 24.2 cm³/mol. The van der Waals surface area contributed by atoms with Gasteiger partial charge in [0.15, 0.2) is 0 Å². The molecule has 0 saturated carbocycles. The summed E-state index contributed by atoms with van der Waals surface area (Å²) in [4.78, 5) is 0. The maximum atomic E-state index is 0. The molecule has 0 aromatic rings. The van der Waals surface area contributed by atoms with Gasteiger partial charge in [0.05, 0.1) is 0 Å². The first-order valence-corrected chi connectivity index (χ1v) is 0. The van der Waals surface area contributed by atoms with Crippen LogP contribution in [0.2, 0.25) is 0 Å². The molecule has 0 spiro atoms. The molecule has 0 aliphatic heterocycles. The van der Waals surface area contributed by atoms with Crippen molar-refractivity contribution in [2.24, 2.45) is 0 Å². The van der Waals surface area contributed by atoms with Gasteiger partial charge in [-0.15, -0.1) is 0 Å². The van der Waals surface area contributed by atoms with Gasteiger partial charge in [-0.2, -0.15) is 0 Å². The summed E-state index contributed by atoms with van der Waals surface area (Å²) in [5.41, 5.74) is 0. The zero-order valence-electron chi connectivity index (χ0n) is 1.80. The van der Waals surface area contributed by atoms with Gasteiger partial charge in [-0.05, 0) is 0 Å². The van der Waals surface area contributed by atoms with E-state index in [2.05, 4.69) is 0 Å². The monoisotopic (exact) mass is 599 g/mol. The molecule has 0 nitrogen and oxygen atoms in total. The fourth-order valence-electron chi connectivity index (χ4n) is 0. The largest absolute Gasteiger partial charge is 0 e. The minimum Gasteiger partial charge on any atom is 0 e. The molecular weight excluding hydrogens is 592 g/mol. The number of rotatable bonds is 0. The van der Waals surface area contributed by atoms with Crippen LogP contribution in [-0.2, 0) is 54.9 Å². The molecule has 0 atom stereocenters. The summed E-state index contributed by atoms with van der Waals surface area (Å²) >= 11 is 0. The van der Waals surface area contributed by atoms with Crippen LogP contribution in [0.3, 0.4) is 0 Å². The first kappa shape index (κ1) is 39.6. The normalized spacial score (nSPS) is 0. The van der Waals surface area contributed by atoms with Crippen molar-refractivity contribution in [2.75, 3.05) is 0 Å². The fraction of sp³-hybridized carbons (Fsp3) is 0. The molecule has 0 aromatic carbocycles. The molecule has 6 heteroatoms. The first-order valence-electron chi connectivity index (χ1n) is 0. The predicted octanol–water partition coefficient (Wildman–Crippen LogP) is -2.49. The van der Waals surface area contributed by atoms with E-state index in [9.17, 15) is 0 Å². The maximum Gasteiger partial charge on any atom is 0 e. The zero-order valence-corrected chi connectivity index (χ0v) is 11.5. The molecule has 0 N–H and O–H groups in total. The van der Waals surface area contributed by atoms with Crippen molar-refractivity contribution in [3.8, 4) is 0 Å². The maximum absolute atomic E-state index is 0. The second-order valence-electron chi connectivity index (χ2n) is 0. The van der Waals surface area contributed by atoms with Crippen LogP contribution in [0.1, 0.15) is 0 Å². The third kappa shape index (κ3) is 22.4. The van der Waals surface area contributed by atoms with Gasteiger partial charge in [0, 0.05) is 54.9 Å². The third-order valence-corrected chi connectivity index (χ3v) is 0. The Morgan fingerprint density at radius 2 is 1.00 bits per heavy atom. The minimum absolute atomic E-state index is 0. The van der Waals surface area contributed by atoms with Gasteiger partial charge in [-0.25, -0.2) is 0 Å². The topological polar surface area (TPSA) is 0 Å². The SMILES string of the molecule is [BiH3].[Co].[CsH].[Fe].[KH].[Mo]. The minimum atomic E-state index is 0. The van der Waals surface area contributed by atoms with Gasteiger partial charge in [-0.1, -0.05) is 0 Å². The molecule has 0 bridgehead atoms. The van der Waals surface area contributed by atoms with Crippen molar-refractivity contribution >= 4 is 146 Å². The Morgan fingerprint density at radius 1 is 1.00 bits per heavy atom. The van der Waals surface area contributed by atoms with Crippen LogP contribution in [-0.4, -0.2) is 146 Å². The molecular formula is H5BiCoCsFeKMo. The third-order valence-electron chi connectivity index (χ3n) is 0. The van der Waals surface area contributed by atoms with Crippen molar-refractivity contribution in [3.05, 3.63) is 0 Å². The molecule has 0 aromatic heterocycles. The Balaban J connectivity index is 0. The van der Waals surface area contributed by atoms with Crippen molar-refractivity contribution in [3.63, 3.8) is 0 Å². The van der Waals surface area contributed by atoms with Crippen LogP contribution in [0, 0.1) is 0 Å². The summed E-state index contributed by atoms with van der Waals surface area (Å²) in [5, 5.41) is 0. The Labute approximate surface area is 194 Å². The van der Waals surface area contributed by atoms with Gasteiger partial charge in [0.2, 0.25) is 0 Å². The molecule has 0 rings (SSSR count). The molecule has 0 saturated heterocycles. The Hall–Kier alpha value is 6.29. The first-order chi connectivity index (χ1) is 0. The van der Waals surface area contributed by atoms with Crippen LogP contribution in [0.5, 0.6) is 0 Å². The number of hydrogen-bond acceptors (Lipinski definition) is 0. The second kappa shape index (κ2) is 30.2. The molecule has 0 heterocycles. The molecule has 6 heavy (non-hydrogen) atoms. The van der Waals surface area contributed by atoms with Crippen molar-refractivity contribution < 1.29 is 54.9 Å². The van der Waals surface area contributed by atoms with E-state index < -0.39 is 0 Å². The van der Waals surface area contributed by atoms with E-state index in [1.54, 1.807) is 0 Å². The average Bonchev–Trinajstić information content (AvgIpc) is 0. The fourth-order valence-corrected chi connectivity index (χ4v) is 0. The zero-order chi connectivity index (χ0) is 0. The van der Waals surface area contributed by atoms with Gasteiger partial charge >= 0.3 is 146 Å². The molecule has 35 valence electrons. The average molecular weight is 597 g/mol. The van der Waals surface area contributed by atoms with Crippen molar-refractivity contribution in [1.29, 1.82) is 0 Å². The van der Waals surface area contributed by atoms with Gasteiger partial charge in [0.25, 0.3) is 0 Å². The van der Waals surface area contributed by atoms with Crippen LogP contribution >= 0.6 is 0 Å². The second-order valence-corrected chi connectivity index (χ2v) is 0. The van der Waals surface area contributed by atoms with Crippen molar-refractivity contribution in [2.45, 2.75) is 0 Å². The van der Waals surface area contributed by atoms with E-state index in [-0.39, 0.29) is 201 Å². The van der Waals surface area contributed by atoms with Gasteiger partial charge < -0.3 is 0 Å². The van der Waals surface area contributed by atoms with E-state index in [0.717, 1.165) is 0 Å². The quantitative estimate of drug-likeness (QED) is 0.272. The molecule has 0 aliphatic rings. The molecule has 0 unspecified atom stereocenters. The van der Waals surface area contributed by atoms with E-state index >= 15 is 0 Å². The Morgan fingerprint density at radius 3 is 1.00 bits per heavy atom. The van der Waals surface area contributed by atoms with E-state index in [0.29, 0.717) is 0 Å². The summed E-state index contributed by atoms with van der Waals surface area (Å²) in [6.45, 7) is 0. The summed E-state index contributed by atoms with van der Waals surface area (Å²) < 4.78 is 0. The van der Waals surface area contributed by atoms with E-state index in [1.807, 2.05) is 0 Å². The van der Waals surface area contributed by atoms with Crippen LogP contribution < -0.4 is 0 Å². The summed E-state index contributed by atoms with van der Waals surface area (Å²) in [6, 6.07) is 0. The smallest absolute Gasteiger partial charge is 0 e. The summed E-state index contributed by atoms with van der Waals surface area (Å²) in [5.74, 6) is 0. The van der Waals surface area contributed by atoms with E-state index in [1.165, 1.54) is 0 Å². The van der Waals surface area contributed by atoms with Crippen molar-refractivity contribution in [1.82, 2.24) is 0 Å². The molecule has 0 fully saturated rings. The van der Waals surface area contributed by atoms with Crippen LogP contribution in [0.25, 0.3) is 0 Å². The Bertz CT molecular complexity index is 15.5. The van der Waals surface area contributed by atoms with Gasteiger partial charge in [-0.3, -0.25) is 0 Å².